The minimum absolute atomic E-state index is 0.0660. The number of hydrogen-bond acceptors (Lipinski definition) is 2. The molecule has 1 unspecified atom stereocenters. The second kappa shape index (κ2) is 5.43. The van der Waals surface area contributed by atoms with E-state index in [1.54, 1.807) is 6.07 Å². The monoisotopic (exact) mass is 329 g/mol. The molecule has 0 aromatic heterocycles. The van der Waals surface area contributed by atoms with Crippen LogP contribution in [0.15, 0.2) is 24.3 Å². The third-order valence-corrected chi connectivity index (χ3v) is 3.00. The zero-order chi connectivity index (χ0) is 17.4. The minimum atomic E-state index is -6.46. The van der Waals surface area contributed by atoms with Crippen LogP contribution in [-0.4, -0.2) is 23.1 Å². The molecule has 0 aliphatic carbocycles. The molecule has 22 heavy (non-hydrogen) atoms. The van der Waals surface area contributed by atoms with Gasteiger partial charge in [-0.15, -0.1) is 0 Å². The number of benzene rings is 1. The number of nitriles is 1. The van der Waals surface area contributed by atoms with Crippen molar-refractivity contribution in [2.45, 2.75) is 37.0 Å². The Morgan fingerprint density at radius 3 is 2.09 bits per heavy atom. The third-order valence-electron chi connectivity index (χ3n) is 3.00. The minimum Gasteiger partial charge on any atom is -0.385 e. The van der Waals surface area contributed by atoms with Gasteiger partial charge in [-0.05, 0) is 24.6 Å². The molecule has 122 valence electrons. The molecule has 1 aromatic rings. The first-order valence-corrected chi connectivity index (χ1v) is 5.80. The Hall–Kier alpha value is -1.82. The summed E-state index contributed by atoms with van der Waals surface area (Å²) in [5.74, 6) is -11.8. The maximum absolute atomic E-state index is 13.4. The molecule has 2 nitrogen and oxygen atoms in total. The van der Waals surface area contributed by atoms with E-state index in [1.165, 1.54) is 12.1 Å². The molecular formula is C13H10F7NO. The molecule has 0 saturated heterocycles. The van der Waals surface area contributed by atoms with Crippen LogP contribution in [0.4, 0.5) is 30.7 Å². The van der Waals surface area contributed by atoms with E-state index in [4.69, 9.17) is 5.26 Å². The van der Waals surface area contributed by atoms with Gasteiger partial charge >= 0.3 is 18.0 Å². The molecule has 0 aliphatic rings. The Bertz CT molecular complexity index is 587. The summed E-state index contributed by atoms with van der Waals surface area (Å²) in [7, 11) is 0. The highest BCUT2D eigenvalue weighted by Crippen LogP contribution is 2.50. The Labute approximate surface area is 120 Å². The molecule has 1 N–H and O–H groups in total. The Morgan fingerprint density at radius 1 is 1.09 bits per heavy atom. The average Bonchev–Trinajstić information content (AvgIpc) is 2.36. The van der Waals surface area contributed by atoms with Crippen LogP contribution in [-0.2, 0) is 5.60 Å². The average molecular weight is 329 g/mol. The summed E-state index contributed by atoms with van der Waals surface area (Å²) in [4.78, 5) is 0. The van der Waals surface area contributed by atoms with Gasteiger partial charge in [0.05, 0.1) is 23.7 Å². The smallest absolute Gasteiger partial charge is 0.385 e. The fourth-order valence-corrected chi connectivity index (χ4v) is 1.78. The van der Waals surface area contributed by atoms with Gasteiger partial charge in [-0.1, -0.05) is 12.1 Å². The van der Waals surface area contributed by atoms with Crippen molar-refractivity contribution in [2.75, 3.05) is 0 Å². The number of hydrogen-bond donors (Lipinski definition) is 1. The lowest BCUT2D eigenvalue weighted by Gasteiger charge is -2.34. The highest BCUT2D eigenvalue weighted by Gasteiger charge is 2.73. The molecule has 0 saturated carbocycles. The molecule has 0 heterocycles. The van der Waals surface area contributed by atoms with Crippen LogP contribution in [0.3, 0.4) is 0 Å². The largest absolute Gasteiger partial charge is 0.459 e. The highest BCUT2D eigenvalue weighted by molar-refractivity contribution is 5.35. The summed E-state index contributed by atoms with van der Waals surface area (Å²) in [6.45, 7) is 0.670. The van der Waals surface area contributed by atoms with Gasteiger partial charge in [0.15, 0.2) is 0 Å². The quantitative estimate of drug-likeness (QED) is 0.849. The second-order valence-corrected chi connectivity index (χ2v) is 4.92. The van der Waals surface area contributed by atoms with Crippen molar-refractivity contribution in [1.82, 2.24) is 0 Å². The third kappa shape index (κ3) is 3.32. The van der Waals surface area contributed by atoms with Gasteiger partial charge in [0.1, 0.15) is 0 Å². The normalized spacial score (nSPS) is 16.0. The number of nitrogens with zero attached hydrogens (tertiary/aromatic N) is 1. The van der Waals surface area contributed by atoms with E-state index in [0.29, 0.717) is 6.92 Å². The van der Waals surface area contributed by atoms with Crippen LogP contribution in [0.25, 0.3) is 0 Å². The van der Waals surface area contributed by atoms with Crippen molar-refractivity contribution in [3.63, 3.8) is 0 Å². The standard InChI is InChI=1S/C13H10F7NO/c1-10(22,9-4-2-3-8(5-9)6-21)7-11(14,15)12(16,17)13(18,19)20/h2-5,22H,7H2,1H3. The van der Waals surface area contributed by atoms with Crippen LogP contribution in [0, 0.1) is 11.3 Å². The molecule has 1 aromatic carbocycles. The van der Waals surface area contributed by atoms with E-state index in [1.807, 2.05) is 0 Å². The van der Waals surface area contributed by atoms with Gasteiger partial charge < -0.3 is 5.11 Å². The number of alkyl halides is 7. The van der Waals surface area contributed by atoms with Crippen molar-refractivity contribution < 1.29 is 35.8 Å². The van der Waals surface area contributed by atoms with Gasteiger partial charge in [-0.2, -0.15) is 36.0 Å². The second-order valence-electron chi connectivity index (χ2n) is 4.92. The summed E-state index contributed by atoms with van der Waals surface area (Å²) < 4.78 is 88.7. The SMILES string of the molecule is CC(O)(CC(F)(F)C(F)(F)C(F)(F)F)c1cccc(C#N)c1. The van der Waals surface area contributed by atoms with Gasteiger partial charge in [-0.3, -0.25) is 0 Å². The van der Waals surface area contributed by atoms with Crippen LogP contribution in [0.2, 0.25) is 0 Å². The number of halogens is 7. The highest BCUT2D eigenvalue weighted by atomic mass is 19.4. The van der Waals surface area contributed by atoms with Gasteiger partial charge in [-0.25, -0.2) is 0 Å². The Balaban J connectivity index is 3.17. The van der Waals surface area contributed by atoms with Crippen molar-refractivity contribution in [3.8, 4) is 6.07 Å². The predicted octanol–water partition coefficient (Wildman–Crippen LogP) is 3.99. The summed E-state index contributed by atoms with van der Waals surface area (Å²) in [5.41, 5.74) is -3.13. The van der Waals surface area contributed by atoms with Crippen molar-refractivity contribution >= 4 is 0 Å². The molecule has 1 atom stereocenters. The summed E-state index contributed by atoms with van der Waals surface area (Å²) in [6.07, 6.45) is -8.62. The number of aliphatic hydroxyl groups is 1. The molecule has 0 aliphatic heterocycles. The van der Waals surface area contributed by atoms with E-state index in [0.717, 1.165) is 12.1 Å². The summed E-state index contributed by atoms with van der Waals surface area (Å²) in [5, 5.41) is 18.5. The van der Waals surface area contributed by atoms with E-state index in [9.17, 15) is 35.8 Å². The molecule has 0 fully saturated rings. The van der Waals surface area contributed by atoms with Crippen molar-refractivity contribution in [2.24, 2.45) is 0 Å². The zero-order valence-corrected chi connectivity index (χ0v) is 11.1. The van der Waals surface area contributed by atoms with Crippen molar-refractivity contribution in [3.05, 3.63) is 35.4 Å². The fraction of sp³-hybridized carbons (Fsp3) is 0.462. The fourth-order valence-electron chi connectivity index (χ4n) is 1.78. The Morgan fingerprint density at radius 2 is 1.64 bits per heavy atom. The number of rotatable bonds is 4. The first kappa shape index (κ1) is 18.2. The van der Waals surface area contributed by atoms with E-state index >= 15 is 0 Å². The molecule has 9 heteroatoms. The lowest BCUT2D eigenvalue weighted by molar-refractivity contribution is -0.361. The predicted molar refractivity (Wildman–Crippen MR) is 61.3 cm³/mol. The topological polar surface area (TPSA) is 44.0 Å². The van der Waals surface area contributed by atoms with Gasteiger partial charge in [0.2, 0.25) is 0 Å². The summed E-state index contributed by atoms with van der Waals surface area (Å²) >= 11 is 0. The molecule has 0 bridgehead atoms. The molecule has 1 rings (SSSR count). The Kier molecular flexibility index (Phi) is 4.50. The maximum atomic E-state index is 13.4. The summed E-state index contributed by atoms with van der Waals surface area (Å²) in [6, 6.07) is 6.04. The zero-order valence-electron chi connectivity index (χ0n) is 11.1. The van der Waals surface area contributed by atoms with E-state index in [2.05, 4.69) is 0 Å². The van der Waals surface area contributed by atoms with Crippen LogP contribution < -0.4 is 0 Å². The lowest BCUT2D eigenvalue weighted by Crippen LogP contribution is -2.54. The van der Waals surface area contributed by atoms with Crippen LogP contribution in [0.5, 0.6) is 0 Å². The van der Waals surface area contributed by atoms with Gasteiger partial charge in [0.25, 0.3) is 0 Å². The first-order chi connectivity index (χ1) is 9.74. The lowest BCUT2D eigenvalue weighted by atomic mass is 9.87. The van der Waals surface area contributed by atoms with Crippen LogP contribution >= 0.6 is 0 Å². The maximum Gasteiger partial charge on any atom is 0.459 e. The van der Waals surface area contributed by atoms with Crippen LogP contribution in [0.1, 0.15) is 24.5 Å². The molecular weight excluding hydrogens is 319 g/mol. The first-order valence-electron chi connectivity index (χ1n) is 5.80. The van der Waals surface area contributed by atoms with Gasteiger partial charge in [0, 0.05) is 0 Å². The molecule has 0 radical (unpaired) electrons. The molecule has 0 amide bonds. The van der Waals surface area contributed by atoms with E-state index in [-0.39, 0.29) is 11.1 Å². The molecule has 0 spiro atoms. The van der Waals surface area contributed by atoms with Crippen molar-refractivity contribution in [1.29, 1.82) is 5.26 Å². The van der Waals surface area contributed by atoms with E-state index < -0.39 is 30.0 Å².